The number of imidazole rings is 1. The Morgan fingerprint density at radius 1 is 1.18 bits per heavy atom. The first-order valence-electron chi connectivity index (χ1n) is 6.96. The molecule has 0 aliphatic carbocycles. The maximum atomic E-state index is 5.35. The highest BCUT2D eigenvalue weighted by molar-refractivity contribution is 5.43. The highest BCUT2D eigenvalue weighted by atomic mass is 16.5. The molecule has 0 amide bonds. The molecule has 6 heteroatoms. The van der Waals surface area contributed by atoms with Gasteiger partial charge in [-0.3, -0.25) is 4.57 Å². The topological polar surface area (TPSA) is 64.9 Å². The van der Waals surface area contributed by atoms with E-state index >= 15 is 0 Å². The molecule has 0 saturated heterocycles. The van der Waals surface area contributed by atoms with Crippen molar-refractivity contribution >= 4 is 5.82 Å². The third-order valence-corrected chi connectivity index (χ3v) is 3.38. The van der Waals surface area contributed by atoms with E-state index in [1.54, 1.807) is 19.6 Å². The van der Waals surface area contributed by atoms with Crippen LogP contribution in [0.5, 0.6) is 5.75 Å². The first kappa shape index (κ1) is 14.1. The average Bonchev–Trinajstić information content (AvgIpc) is 2.99. The van der Waals surface area contributed by atoms with Crippen LogP contribution in [0.25, 0.3) is 5.82 Å². The molecule has 2 aromatic heterocycles. The van der Waals surface area contributed by atoms with E-state index in [2.05, 4.69) is 20.3 Å². The lowest BCUT2D eigenvalue weighted by atomic mass is 10.2. The van der Waals surface area contributed by atoms with Gasteiger partial charge >= 0.3 is 0 Å². The van der Waals surface area contributed by atoms with Gasteiger partial charge in [0.1, 0.15) is 29.5 Å². The number of hydrogen-bond donors (Lipinski definition) is 1. The second kappa shape index (κ2) is 6.26. The zero-order valence-electron chi connectivity index (χ0n) is 12.5. The number of nitrogens with zero attached hydrogens (tertiary/aromatic N) is 4. The van der Waals surface area contributed by atoms with Crippen molar-refractivity contribution in [3.8, 4) is 11.6 Å². The molecule has 0 unspecified atom stereocenters. The molecule has 112 valence electrons. The van der Waals surface area contributed by atoms with E-state index in [-0.39, 0.29) is 0 Å². The van der Waals surface area contributed by atoms with Gasteiger partial charge in [-0.15, -0.1) is 0 Å². The van der Waals surface area contributed by atoms with Gasteiger partial charge in [0, 0.05) is 30.6 Å². The average molecular weight is 295 g/mol. The predicted molar refractivity (Wildman–Crippen MR) is 84.2 cm³/mol. The van der Waals surface area contributed by atoms with Gasteiger partial charge in [0.05, 0.1) is 7.11 Å². The molecule has 0 fully saturated rings. The lowest BCUT2D eigenvalue weighted by Crippen LogP contribution is -2.05. The highest BCUT2D eigenvalue weighted by Crippen LogP contribution is 2.19. The van der Waals surface area contributed by atoms with Crippen LogP contribution in [0, 0.1) is 6.92 Å². The summed E-state index contributed by atoms with van der Waals surface area (Å²) in [5.74, 6) is 3.28. The normalized spacial score (nSPS) is 10.5. The molecule has 0 aliphatic heterocycles. The summed E-state index contributed by atoms with van der Waals surface area (Å²) < 4.78 is 7.26. The number of anilines is 1. The first-order chi connectivity index (χ1) is 10.8. The number of nitrogens with one attached hydrogen (secondary N) is 1. The van der Waals surface area contributed by atoms with Crippen LogP contribution < -0.4 is 10.1 Å². The quantitative estimate of drug-likeness (QED) is 0.783. The number of hydrogen-bond acceptors (Lipinski definition) is 5. The van der Waals surface area contributed by atoms with Gasteiger partial charge < -0.3 is 10.1 Å². The summed E-state index contributed by atoms with van der Waals surface area (Å²) in [5.41, 5.74) is 1.07. The van der Waals surface area contributed by atoms with Crippen molar-refractivity contribution in [2.24, 2.45) is 0 Å². The summed E-state index contributed by atoms with van der Waals surface area (Å²) >= 11 is 0. The van der Waals surface area contributed by atoms with E-state index in [1.165, 1.54) is 0 Å². The molecule has 2 heterocycles. The maximum absolute atomic E-state index is 5.35. The number of aromatic nitrogens is 4. The number of ether oxygens (including phenoxy) is 1. The molecule has 0 atom stereocenters. The zero-order chi connectivity index (χ0) is 15.4. The maximum Gasteiger partial charge on any atom is 0.143 e. The standard InChI is InChI=1S/C16H17N5O/c1-12-17-7-8-21(12)16-9-15(19-11-20-16)18-10-13-5-3-4-6-14(13)22-2/h3-9,11H,10H2,1-2H3,(H,18,19,20). The fourth-order valence-electron chi connectivity index (χ4n) is 2.23. The second-order valence-electron chi connectivity index (χ2n) is 4.77. The van der Waals surface area contributed by atoms with Crippen LogP contribution in [-0.2, 0) is 6.54 Å². The van der Waals surface area contributed by atoms with Crippen LogP contribution in [0.1, 0.15) is 11.4 Å². The molecule has 0 bridgehead atoms. The summed E-state index contributed by atoms with van der Waals surface area (Å²) in [6.07, 6.45) is 5.17. The Hall–Kier alpha value is -2.89. The van der Waals surface area contributed by atoms with Gasteiger partial charge in [0.15, 0.2) is 0 Å². The van der Waals surface area contributed by atoms with Gasteiger partial charge in [-0.05, 0) is 13.0 Å². The number of para-hydroxylation sites is 1. The number of benzene rings is 1. The van der Waals surface area contributed by atoms with Gasteiger partial charge in [-0.25, -0.2) is 15.0 Å². The van der Waals surface area contributed by atoms with E-state index in [0.29, 0.717) is 6.54 Å². The fraction of sp³-hybridized carbons (Fsp3) is 0.188. The molecule has 0 saturated carbocycles. The lowest BCUT2D eigenvalue weighted by molar-refractivity contribution is 0.410. The van der Waals surface area contributed by atoms with Crippen LogP contribution in [-0.4, -0.2) is 26.6 Å². The Balaban J connectivity index is 1.78. The van der Waals surface area contributed by atoms with E-state index in [9.17, 15) is 0 Å². The second-order valence-corrected chi connectivity index (χ2v) is 4.77. The summed E-state index contributed by atoms with van der Waals surface area (Å²) in [5, 5.41) is 3.29. The molecule has 0 radical (unpaired) electrons. The predicted octanol–water partition coefficient (Wildman–Crippen LogP) is 2.59. The molecule has 0 aliphatic rings. The largest absolute Gasteiger partial charge is 0.496 e. The van der Waals surface area contributed by atoms with Crippen LogP contribution >= 0.6 is 0 Å². The lowest BCUT2D eigenvalue weighted by Gasteiger charge is -2.11. The highest BCUT2D eigenvalue weighted by Gasteiger charge is 2.05. The summed E-state index contributed by atoms with van der Waals surface area (Å²) in [6, 6.07) is 9.79. The smallest absolute Gasteiger partial charge is 0.143 e. The molecule has 1 N–H and O–H groups in total. The molecular formula is C16H17N5O. The monoisotopic (exact) mass is 295 g/mol. The Kier molecular flexibility index (Phi) is 4.00. The third-order valence-electron chi connectivity index (χ3n) is 3.38. The van der Waals surface area contributed by atoms with Crippen molar-refractivity contribution in [1.82, 2.24) is 19.5 Å². The molecule has 1 aromatic carbocycles. The van der Waals surface area contributed by atoms with E-state index in [0.717, 1.165) is 28.8 Å². The molecule has 3 rings (SSSR count). The first-order valence-corrected chi connectivity index (χ1v) is 6.96. The van der Waals surface area contributed by atoms with E-state index in [1.807, 2.05) is 48.0 Å². The van der Waals surface area contributed by atoms with Crippen molar-refractivity contribution in [1.29, 1.82) is 0 Å². The van der Waals surface area contributed by atoms with Crippen LogP contribution in [0.2, 0.25) is 0 Å². The van der Waals surface area contributed by atoms with Crippen LogP contribution in [0.4, 0.5) is 5.82 Å². The molecule has 22 heavy (non-hydrogen) atoms. The van der Waals surface area contributed by atoms with Crippen LogP contribution in [0.3, 0.4) is 0 Å². The van der Waals surface area contributed by atoms with Crippen molar-refractivity contribution < 1.29 is 4.74 Å². The summed E-state index contributed by atoms with van der Waals surface area (Å²) in [7, 11) is 1.67. The summed E-state index contributed by atoms with van der Waals surface area (Å²) in [4.78, 5) is 12.7. The molecule has 0 spiro atoms. The van der Waals surface area contributed by atoms with Crippen molar-refractivity contribution in [2.75, 3.05) is 12.4 Å². The zero-order valence-corrected chi connectivity index (χ0v) is 12.5. The minimum absolute atomic E-state index is 0.628. The number of aryl methyl sites for hydroxylation is 1. The number of rotatable bonds is 5. The Labute approximate surface area is 128 Å². The minimum Gasteiger partial charge on any atom is -0.496 e. The van der Waals surface area contributed by atoms with Gasteiger partial charge in [0.25, 0.3) is 0 Å². The Morgan fingerprint density at radius 3 is 2.82 bits per heavy atom. The Bertz CT molecular complexity index is 768. The van der Waals surface area contributed by atoms with Crippen molar-refractivity contribution in [3.63, 3.8) is 0 Å². The molecule has 3 aromatic rings. The van der Waals surface area contributed by atoms with Crippen molar-refractivity contribution in [2.45, 2.75) is 13.5 Å². The molecular weight excluding hydrogens is 278 g/mol. The van der Waals surface area contributed by atoms with Gasteiger partial charge in [0.2, 0.25) is 0 Å². The molecule has 6 nitrogen and oxygen atoms in total. The Morgan fingerprint density at radius 2 is 2.05 bits per heavy atom. The van der Waals surface area contributed by atoms with Gasteiger partial charge in [-0.2, -0.15) is 0 Å². The van der Waals surface area contributed by atoms with E-state index < -0.39 is 0 Å². The fourth-order valence-corrected chi connectivity index (χ4v) is 2.23. The van der Waals surface area contributed by atoms with Crippen molar-refractivity contribution in [3.05, 3.63) is 60.4 Å². The number of methoxy groups -OCH3 is 1. The van der Waals surface area contributed by atoms with E-state index in [4.69, 9.17) is 4.74 Å². The minimum atomic E-state index is 0.628. The van der Waals surface area contributed by atoms with Gasteiger partial charge in [-0.1, -0.05) is 18.2 Å². The third kappa shape index (κ3) is 2.90. The summed E-state index contributed by atoms with van der Waals surface area (Å²) in [6.45, 7) is 2.56. The SMILES string of the molecule is COc1ccccc1CNc1cc(-n2ccnc2C)ncn1. The van der Waals surface area contributed by atoms with Crippen LogP contribution in [0.15, 0.2) is 49.1 Å².